The number of hydrogen-bond donors (Lipinski definition) is 2. The smallest absolute Gasteiger partial charge is 0.335 e. The quantitative estimate of drug-likeness (QED) is 0.862. The minimum atomic E-state index is -3.35. The van der Waals surface area contributed by atoms with Crippen LogP contribution in [0, 0.1) is 0 Å². The average molecular weight is 283 g/mol. The van der Waals surface area contributed by atoms with Crippen molar-refractivity contribution in [3.05, 3.63) is 35.4 Å². The van der Waals surface area contributed by atoms with Crippen LogP contribution in [-0.2, 0) is 15.8 Å². The Labute approximate surface area is 112 Å². The molecule has 0 amide bonds. The van der Waals surface area contributed by atoms with Crippen LogP contribution in [0.1, 0.15) is 41.6 Å². The van der Waals surface area contributed by atoms with E-state index in [-0.39, 0.29) is 17.4 Å². The van der Waals surface area contributed by atoms with Crippen molar-refractivity contribution in [2.45, 2.75) is 37.5 Å². The Balaban J connectivity index is 2.00. The second-order valence-corrected chi connectivity index (χ2v) is 6.61. The maximum atomic E-state index is 11.9. The molecule has 0 saturated heterocycles. The van der Waals surface area contributed by atoms with Crippen LogP contribution in [-0.4, -0.2) is 25.5 Å². The van der Waals surface area contributed by atoms with Crippen molar-refractivity contribution in [2.75, 3.05) is 0 Å². The van der Waals surface area contributed by atoms with E-state index in [0.29, 0.717) is 5.56 Å². The molecule has 2 N–H and O–H groups in total. The number of sulfonamides is 1. The molecule has 1 aromatic carbocycles. The number of carboxylic acids is 1. The fourth-order valence-electron chi connectivity index (χ4n) is 2.30. The topological polar surface area (TPSA) is 83.5 Å². The minimum absolute atomic E-state index is 0.0586. The van der Waals surface area contributed by atoms with Crippen molar-refractivity contribution in [1.29, 1.82) is 0 Å². The number of aromatic carboxylic acids is 1. The molecule has 1 saturated carbocycles. The lowest BCUT2D eigenvalue weighted by Gasteiger charge is -2.12. The summed E-state index contributed by atoms with van der Waals surface area (Å²) in [7, 11) is -3.35. The van der Waals surface area contributed by atoms with Crippen LogP contribution in [0.5, 0.6) is 0 Å². The average Bonchev–Trinajstić information content (AvgIpc) is 2.81. The molecule has 0 atom stereocenters. The fourth-order valence-corrected chi connectivity index (χ4v) is 3.76. The van der Waals surface area contributed by atoms with Gasteiger partial charge in [-0.25, -0.2) is 17.9 Å². The van der Waals surface area contributed by atoms with Crippen LogP contribution in [0.25, 0.3) is 0 Å². The van der Waals surface area contributed by atoms with Gasteiger partial charge >= 0.3 is 5.97 Å². The monoisotopic (exact) mass is 283 g/mol. The fraction of sp³-hybridized carbons (Fsp3) is 0.462. The molecule has 19 heavy (non-hydrogen) atoms. The Hall–Kier alpha value is -1.40. The highest BCUT2D eigenvalue weighted by Gasteiger charge is 2.21. The molecule has 1 aliphatic rings. The van der Waals surface area contributed by atoms with Crippen molar-refractivity contribution in [1.82, 2.24) is 4.72 Å². The Morgan fingerprint density at radius 1 is 1.21 bits per heavy atom. The van der Waals surface area contributed by atoms with Gasteiger partial charge in [-0.05, 0) is 30.5 Å². The Morgan fingerprint density at radius 3 is 2.32 bits per heavy atom. The zero-order valence-corrected chi connectivity index (χ0v) is 11.3. The van der Waals surface area contributed by atoms with Crippen LogP contribution in [0.3, 0.4) is 0 Å². The summed E-state index contributed by atoms with van der Waals surface area (Å²) in [6.07, 6.45) is 3.94. The highest BCUT2D eigenvalue weighted by molar-refractivity contribution is 7.88. The van der Waals surface area contributed by atoms with Crippen LogP contribution in [0.4, 0.5) is 0 Å². The van der Waals surface area contributed by atoms with Gasteiger partial charge in [0.2, 0.25) is 10.0 Å². The van der Waals surface area contributed by atoms with E-state index in [9.17, 15) is 13.2 Å². The maximum absolute atomic E-state index is 11.9. The molecule has 104 valence electrons. The van der Waals surface area contributed by atoms with Gasteiger partial charge in [0, 0.05) is 6.04 Å². The van der Waals surface area contributed by atoms with Crippen molar-refractivity contribution < 1.29 is 18.3 Å². The molecule has 1 fully saturated rings. The summed E-state index contributed by atoms with van der Waals surface area (Å²) in [4.78, 5) is 10.7. The second kappa shape index (κ2) is 5.71. The predicted molar refractivity (Wildman–Crippen MR) is 71.4 cm³/mol. The van der Waals surface area contributed by atoms with Gasteiger partial charge in [0.25, 0.3) is 0 Å². The lowest BCUT2D eigenvalue weighted by Crippen LogP contribution is -2.33. The second-order valence-electron chi connectivity index (χ2n) is 4.86. The van der Waals surface area contributed by atoms with E-state index in [0.717, 1.165) is 25.7 Å². The van der Waals surface area contributed by atoms with Gasteiger partial charge in [-0.2, -0.15) is 0 Å². The molecule has 2 rings (SSSR count). The van der Waals surface area contributed by atoms with Crippen molar-refractivity contribution in [3.63, 3.8) is 0 Å². The van der Waals surface area contributed by atoms with Gasteiger partial charge in [-0.15, -0.1) is 0 Å². The van der Waals surface area contributed by atoms with Gasteiger partial charge in [0.1, 0.15) is 0 Å². The van der Waals surface area contributed by atoms with E-state index in [1.165, 1.54) is 24.3 Å². The van der Waals surface area contributed by atoms with Gasteiger partial charge in [-0.1, -0.05) is 25.0 Å². The zero-order chi connectivity index (χ0) is 13.9. The third kappa shape index (κ3) is 4.04. The summed E-state index contributed by atoms with van der Waals surface area (Å²) >= 11 is 0. The molecule has 6 heteroatoms. The van der Waals surface area contributed by atoms with E-state index in [1.807, 2.05) is 0 Å². The molecule has 0 unspecified atom stereocenters. The molecular weight excluding hydrogens is 266 g/mol. The molecular formula is C13H17NO4S. The van der Waals surface area contributed by atoms with Gasteiger partial charge in [0.15, 0.2) is 0 Å². The third-order valence-electron chi connectivity index (χ3n) is 3.26. The first-order valence-corrected chi connectivity index (χ1v) is 7.94. The normalized spacial score (nSPS) is 16.6. The van der Waals surface area contributed by atoms with E-state index in [2.05, 4.69) is 4.72 Å². The summed E-state index contributed by atoms with van der Waals surface area (Å²) in [6, 6.07) is 5.98. The van der Waals surface area contributed by atoms with Crippen LogP contribution in [0.15, 0.2) is 24.3 Å². The van der Waals surface area contributed by atoms with E-state index in [1.54, 1.807) is 0 Å². The summed E-state index contributed by atoms with van der Waals surface area (Å²) in [5.74, 6) is -1.12. The van der Waals surface area contributed by atoms with Gasteiger partial charge < -0.3 is 5.11 Å². The van der Waals surface area contributed by atoms with Crippen molar-refractivity contribution >= 4 is 16.0 Å². The minimum Gasteiger partial charge on any atom is -0.478 e. The SMILES string of the molecule is O=C(O)c1ccc(CS(=O)(=O)NC2CCCC2)cc1. The third-order valence-corrected chi connectivity index (χ3v) is 4.66. The van der Waals surface area contributed by atoms with Gasteiger partial charge in [-0.3, -0.25) is 0 Å². The number of rotatable bonds is 5. The highest BCUT2D eigenvalue weighted by Crippen LogP contribution is 2.19. The summed E-state index contributed by atoms with van der Waals surface area (Å²) in [5.41, 5.74) is 0.750. The summed E-state index contributed by atoms with van der Waals surface area (Å²) in [6.45, 7) is 0. The number of nitrogens with one attached hydrogen (secondary N) is 1. The van der Waals surface area contributed by atoms with E-state index in [4.69, 9.17) is 5.11 Å². The number of carboxylic acid groups (broad SMARTS) is 1. The molecule has 0 radical (unpaired) electrons. The number of hydrogen-bond acceptors (Lipinski definition) is 3. The maximum Gasteiger partial charge on any atom is 0.335 e. The summed E-state index contributed by atoms with van der Waals surface area (Å²) < 4.78 is 26.6. The van der Waals surface area contributed by atoms with Crippen LogP contribution < -0.4 is 4.72 Å². The first-order chi connectivity index (χ1) is 8.96. The zero-order valence-electron chi connectivity index (χ0n) is 10.5. The molecule has 0 aliphatic heterocycles. The van der Waals surface area contributed by atoms with E-state index < -0.39 is 16.0 Å². The van der Waals surface area contributed by atoms with Crippen LogP contribution >= 0.6 is 0 Å². The summed E-state index contributed by atoms with van der Waals surface area (Å²) in [5, 5.41) is 8.77. The lowest BCUT2D eigenvalue weighted by atomic mass is 10.1. The molecule has 1 aliphatic carbocycles. The molecule has 0 aromatic heterocycles. The van der Waals surface area contributed by atoms with Crippen molar-refractivity contribution in [3.8, 4) is 0 Å². The molecule has 1 aromatic rings. The first kappa shape index (κ1) is 14.0. The number of carbonyl (C=O) groups is 1. The van der Waals surface area contributed by atoms with Crippen LogP contribution in [0.2, 0.25) is 0 Å². The largest absolute Gasteiger partial charge is 0.478 e. The Morgan fingerprint density at radius 2 is 1.79 bits per heavy atom. The van der Waals surface area contributed by atoms with Gasteiger partial charge in [0.05, 0.1) is 11.3 Å². The highest BCUT2D eigenvalue weighted by atomic mass is 32.2. The predicted octanol–water partition coefficient (Wildman–Crippen LogP) is 1.75. The Bertz CT molecular complexity index is 545. The molecule has 0 bridgehead atoms. The molecule has 5 nitrogen and oxygen atoms in total. The lowest BCUT2D eigenvalue weighted by molar-refractivity contribution is 0.0697. The molecule has 0 spiro atoms. The van der Waals surface area contributed by atoms with E-state index >= 15 is 0 Å². The molecule has 0 heterocycles. The first-order valence-electron chi connectivity index (χ1n) is 6.28. The van der Waals surface area contributed by atoms with Crippen molar-refractivity contribution in [2.24, 2.45) is 0 Å². The standard InChI is InChI=1S/C13H17NO4S/c15-13(16)11-7-5-10(6-8-11)9-19(17,18)14-12-3-1-2-4-12/h5-8,12,14H,1-4,9H2,(H,15,16). The Kier molecular flexibility index (Phi) is 4.21. The number of benzene rings is 1.